The van der Waals surface area contributed by atoms with E-state index in [0.717, 1.165) is 6.42 Å². The summed E-state index contributed by atoms with van der Waals surface area (Å²) in [5.41, 5.74) is 0.279. The number of carbonyl (C=O) groups is 1. The predicted molar refractivity (Wildman–Crippen MR) is 43.8 cm³/mol. The lowest BCUT2D eigenvalue weighted by Gasteiger charge is -2.15. The maximum atomic E-state index is 11.0. The second-order valence-corrected chi connectivity index (χ2v) is 3.77. The van der Waals surface area contributed by atoms with Crippen molar-refractivity contribution in [2.75, 3.05) is 7.05 Å². The first-order valence-corrected chi connectivity index (χ1v) is 3.72. The van der Waals surface area contributed by atoms with Crippen LogP contribution in [0.4, 0.5) is 0 Å². The molecule has 0 aromatic heterocycles. The van der Waals surface area contributed by atoms with Crippen molar-refractivity contribution in [3.05, 3.63) is 0 Å². The van der Waals surface area contributed by atoms with E-state index in [4.69, 9.17) is 6.42 Å². The van der Waals surface area contributed by atoms with E-state index >= 15 is 0 Å². The first kappa shape index (κ1) is 8.13. The number of carbonyl (C=O) groups excluding carboxylic acids is 1. The van der Waals surface area contributed by atoms with E-state index in [0.29, 0.717) is 6.04 Å². The molecule has 2 nitrogen and oxygen atoms in total. The molecular formula is C9H13NO. The maximum absolute atomic E-state index is 11.0. The molecule has 1 aliphatic carbocycles. The van der Waals surface area contributed by atoms with Gasteiger partial charge < -0.3 is 4.90 Å². The Kier molecular flexibility index (Phi) is 1.67. The normalized spacial score (nSPS) is 25.5. The minimum Gasteiger partial charge on any atom is -0.331 e. The lowest BCUT2D eigenvalue weighted by atomic mass is 10.2. The Balaban J connectivity index is 2.54. The highest BCUT2D eigenvalue weighted by Crippen LogP contribution is 2.47. The third-order valence-corrected chi connectivity index (χ3v) is 2.37. The number of terminal acetylenes is 1. The number of hydrogen-bond acceptors (Lipinski definition) is 1. The summed E-state index contributed by atoms with van der Waals surface area (Å²) in [6, 6.07) is 0.353. The van der Waals surface area contributed by atoms with Gasteiger partial charge in [-0.2, -0.15) is 0 Å². The average Bonchev–Trinajstić information content (AvgIpc) is 2.56. The van der Waals surface area contributed by atoms with Crippen molar-refractivity contribution in [3.8, 4) is 12.3 Å². The Labute approximate surface area is 67.6 Å². The van der Waals surface area contributed by atoms with E-state index in [9.17, 15) is 4.79 Å². The highest BCUT2D eigenvalue weighted by molar-refractivity contribution is 5.93. The van der Waals surface area contributed by atoms with Crippen molar-refractivity contribution < 1.29 is 4.79 Å². The van der Waals surface area contributed by atoms with Crippen LogP contribution in [0.2, 0.25) is 0 Å². The molecule has 0 aromatic rings. The monoisotopic (exact) mass is 151 g/mol. The van der Waals surface area contributed by atoms with Crippen LogP contribution in [0, 0.1) is 17.8 Å². The topological polar surface area (TPSA) is 20.3 Å². The van der Waals surface area contributed by atoms with Gasteiger partial charge in [0.25, 0.3) is 5.91 Å². The van der Waals surface area contributed by atoms with Gasteiger partial charge in [-0.15, -0.1) is 6.42 Å². The van der Waals surface area contributed by atoms with Crippen molar-refractivity contribution in [3.63, 3.8) is 0 Å². The Morgan fingerprint density at radius 3 is 2.45 bits per heavy atom. The Bertz CT molecular complexity index is 224. The second kappa shape index (κ2) is 2.27. The SMILES string of the molecule is C#CC(=O)N(C)C1CC1(C)C. The minimum absolute atomic E-state index is 0.208. The van der Waals surface area contributed by atoms with Gasteiger partial charge in [0.1, 0.15) is 0 Å². The molecule has 0 heterocycles. The van der Waals surface area contributed by atoms with Gasteiger partial charge in [-0.3, -0.25) is 4.79 Å². The molecule has 0 saturated heterocycles. The Morgan fingerprint density at radius 2 is 2.18 bits per heavy atom. The fourth-order valence-electron chi connectivity index (χ4n) is 1.34. The molecule has 0 radical (unpaired) electrons. The number of hydrogen-bond donors (Lipinski definition) is 0. The van der Waals surface area contributed by atoms with Crippen LogP contribution in [-0.2, 0) is 4.79 Å². The standard InChI is InChI=1S/C9H13NO/c1-5-8(11)10(4)7-6-9(7,2)3/h1,7H,6H2,2-4H3. The van der Waals surface area contributed by atoms with Crippen LogP contribution in [0.1, 0.15) is 20.3 Å². The van der Waals surface area contributed by atoms with E-state index in [1.807, 2.05) is 0 Å². The summed E-state index contributed by atoms with van der Waals surface area (Å²) in [7, 11) is 1.77. The Hall–Kier alpha value is -0.970. The molecule has 0 aromatic carbocycles. The van der Waals surface area contributed by atoms with Gasteiger partial charge in [-0.1, -0.05) is 13.8 Å². The summed E-state index contributed by atoms with van der Waals surface area (Å²) in [6.07, 6.45) is 6.05. The van der Waals surface area contributed by atoms with Gasteiger partial charge in [0.15, 0.2) is 0 Å². The van der Waals surface area contributed by atoms with Gasteiger partial charge in [-0.05, 0) is 17.8 Å². The van der Waals surface area contributed by atoms with Crippen LogP contribution in [0.3, 0.4) is 0 Å². The third-order valence-electron chi connectivity index (χ3n) is 2.37. The number of nitrogens with zero attached hydrogens (tertiary/aromatic N) is 1. The van der Waals surface area contributed by atoms with Crippen LogP contribution in [0.15, 0.2) is 0 Å². The molecule has 0 N–H and O–H groups in total. The van der Waals surface area contributed by atoms with Crippen LogP contribution in [0.25, 0.3) is 0 Å². The molecule has 1 amide bonds. The van der Waals surface area contributed by atoms with E-state index in [2.05, 4.69) is 19.8 Å². The molecule has 11 heavy (non-hydrogen) atoms. The predicted octanol–water partition coefficient (Wildman–Crippen LogP) is 0.877. The molecule has 1 atom stereocenters. The van der Waals surface area contributed by atoms with Crippen LogP contribution < -0.4 is 0 Å². The fraction of sp³-hybridized carbons (Fsp3) is 0.667. The van der Waals surface area contributed by atoms with Crippen molar-refractivity contribution in [1.29, 1.82) is 0 Å². The molecule has 1 saturated carbocycles. The highest BCUT2D eigenvalue weighted by atomic mass is 16.2. The summed E-state index contributed by atoms with van der Waals surface area (Å²) < 4.78 is 0. The second-order valence-electron chi connectivity index (χ2n) is 3.77. The molecular weight excluding hydrogens is 138 g/mol. The van der Waals surface area contributed by atoms with Crippen LogP contribution in [0.5, 0.6) is 0 Å². The average molecular weight is 151 g/mol. The maximum Gasteiger partial charge on any atom is 0.298 e. The first-order chi connectivity index (χ1) is 4.99. The zero-order valence-corrected chi connectivity index (χ0v) is 7.22. The summed E-state index contributed by atoms with van der Waals surface area (Å²) in [4.78, 5) is 12.6. The van der Waals surface area contributed by atoms with Crippen molar-refractivity contribution >= 4 is 5.91 Å². The third kappa shape index (κ3) is 1.37. The molecule has 60 valence electrons. The quantitative estimate of drug-likeness (QED) is 0.509. The van der Waals surface area contributed by atoms with Gasteiger partial charge in [0.05, 0.1) is 0 Å². The van der Waals surface area contributed by atoms with E-state index in [1.165, 1.54) is 0 Å². The fourth-order valence-corrected chi connectivity index (χ4v) is 1.34. The molecule has 1 aliphatic rings. The molecule has 0 spiro atoms. The molecule has 0 bridgehead atoms. The lowest BCUT2D eigenvalue weighted by Crippen LogP contribution is -2.29. The summed E-state index contributed by atoms with van der Waals surface area (Å²) in [6.45, 7) is 4.27. The molecule has 1 rings (SSSR count). The smallest absolute Gasteiger partial charge is 0.298 e. The first-order valence-electron chi connectivity index (χ1n) is 3.72. The van der Waals surface area contributed by atoms with Crippen molar-refractivity contribution in [2.45, 2.75) is 26.3 Å². The largest absolute Gasteiger partial charge is 0.331 e. The zero-order valence-electron chi connectivity index (χ0n) is 7.22. The van der Waals surface area contributed by atoms with Gasteiger partial charge >= 0.3 is 0 Å². The molecule has 0 aliphatic heterocycles. The van der Waals surface area contributed by atoms with Crippen molar-refractivity contribution in [1.82, 2.24) is 4.90 Å². The number of rotatable bonds is 1. The van der Waals surface area contributed by atoms with Crippen LogP contribution >= 0.6 is 0 Å². The van der Waals surface area contributed by atoms with Crippen LogP contribution in [-0.4, -0.2) is 23.9 Å². The molecule has 1 fully saturated rings. The van der Waals surface area contributed by atoms with Gasteiger partial charge in [-0.25, -0.2) is 0 Å². The summed E-state index contributed by atoms with van der Waals surface area (Å²) in [5.74, 6) is 1.90. The zero-order chi connectivity index (χ0) is 8.65. The summed E-state index contributed by atoms with van der Waals surface area (Å²) in [5, 5.41) is 0. The van der Waals surface area contributed by atoms with Gasteiger partial charge in [0, 0.05) is 13.1 Å². The van der Waals surface area contributed by atoms with E-state index in [1.54, 1.807) is 11.9 Å². The molecule has 2 heteroatoms. The van der Waals surface area contributed by atoms with Gasteiger partial charge in [0.2, 0.25) is 0 Å². The number of amides is 1. The summed E-state index contributed by atoms with van der Waals surface area (Å²) >= 11 is 0. The minimum atomic E-state index is -0.208. The van der Waals surface area contributed by atoms with E-state index < -0.39 is 0 Å². The molecule has 1 unspecified atom stereocenters. The highest BCUT2D eigenvalue weighted by Gasteiger charge is 2.49. The Morgan fingerprint density at radius 1 is 1.73 bits per heavy atom. The lowest BCUT2D eigenvalue weighted by molar-refractivity contribution is -0.124. The van der Waals surface area contributed by atoms with Crippen molar-refractivity contribution in [2.24, 2.45) is 5.41 Å². The van der Waals surface area contributed by atoms with E-state index in [-0.39, 0.29) is 11.3 Å².